The molecule has 2 aromatic carbocycles. The molecule has 0 amide bonds. The van der Waals surface area contributed by atoms with Gasteiger partial charge in [-0.1, -0.05) is 6.07 Å². The molecule has 28 heavy (non-hydrogen) atoms. The highest BCUT2D eigenvalue weighted by Gasteiger charge is 2.24. The molecule has 0 aliphatic carbocycles. The van der Waals surface area contributed by atoms with E-state index in [1.807, 2.05) is 19.6 Å². The van der Waals surface area contributed by atoms with Gasteiger partial charge in [0.1, 0.15) is 5.75 Å². The van der Waals surface area contributed by atoms with E-state index in [9.17, 15) is 22.0 Å². The van der Waals surface area contributed by atoms with Crippen LogP contribution in [0, 0.1) is 29.1 Å². The van der Waals surface area contributed by atoms with E-state index in [-0.39, 0.29) is 6.54 Å². The molecule has 0 radical (unpaired) electrons. The van der Waals surface area contributed by atoms with Gasteiger partial charge in [-0.05, 0) is 43.8 Å². The number of rotatable bonds is 7. The fourth-order valence-electron chi connectivity index (χ4n) is 2.37. The fraction of sp³-hybridized carbons (Fsp3) is 0.316. The Balaban J connectivity index is 2.15. The second-order valence-corrected chi connectivity index (χ2v) is 11.4. The molecule has 0 aliphatic rings. The molecule has 0 heterocycles. The summed E-state index contributed by atoms with van der Waals surface area (Å²) in [4.78, 5) is 3.79. The van der Waals surface area contributed by atoms with E-state index in [0.29, 0.717) is 24.1 Å². The smallest absolute Gasteiger partial charge is 0.242 e. The molecule has 0 saturated carbocycles. The van der Waals surface area contributed by atoms with Gasteiger partial charge >= 0.3 is 0 Å². The Morgan fingerprint density at radius 2 is 1.46 bits per heavy atom. The Labute approximate surface area is 160 Å². The molecule has 0 fully saturated rings. The minimum atomic E-state index is -2.19. The number of hydrogen-bond donors (Lipinski definition) is 0. The third-order valence-electron chi connectivity index (χ3n) is 3.64. The van der Waals surface area contributed by atoms with E-state index >= 15 is 0 Å². The number of hydrogen-bond acceptors (Lipinski definition) is 3. The summed E-state index contributed by atoms with van der Waals surface area (Å²) in [6.07, 6.45) is 1.03. The van der Waals surface area contributed by atoms with Crippen LogP contribution in [0.1, 0.15) is 11.1 Å². The second kappa shape index (κ2) is 8.72. The van der Waals surface area contributed by atoms with Gasteiger partial charge in [-0.25, -0.2) is 22.0 Å². The lowest BCUT2D eigenvalue weighted by atomic mass is 10.1. The molecule has 0 aliphatic heterocycles. The maximum absolute atomic E-state index is 13.6. The van der Waals surface area contributed by atoms with Crippen molar-refractivity contribution in [3.05, 3.63) is 58.4 Å². The Morgan fingerprint density at radius 1 is 0.893 bits per heavy atom. The standard InChI is InChI=1S/C19H20F5NO2Si/c1-26-13-6-5-11(9-14(13)27-28(2,3)4)7-8-25-10-12-15(20)17(22)19(24)18(23)16(12)21/h5-6,9-10H,7-8H2,1-4H3. The van der Waals surface area contributed by atoms with Crippen LogP contribution in [0.25, 0.3) is 0 Å². The van der Waals surface area contributed by atoms with Crippen molar-refractivity contribution in [2.45, 2.75) is 26.1 Å². The van der Waals surface area contributed by atoms with E-state index in [1.54, 1.807) is 18.2 Å². The van der Waals surface area contributed by atoms with E-state index in [0.717, 1.165) is 5.56 Å². The predicted molar refractivity (Wildman–Crippen MR) is 99.4 cm³/mol. The first kappa shape index (κ1) is 21.9. The van der Waals surface area contributed by atoms with Gasteiger partial charge in [-0.15, -0.1) is 0 Å². The predicted octanol–water partition coefficient (Wildman–Crippen LogP) is 5.27. The van der Waals surface area contributed by atoms with Gasteiger partial charge in [-0.3, -0.25) is 4.99 Å². The zero-order valence-electron chi connectivity index (χ0n) is 15.9. The van der Waals surface area contributed by atoms with Crippen LogP contribution in [0.4, 0.5) is 22.0 Å². The van der Waals surface area contributed by atoms with Crippen molar-refractivity contribution >= 4 is 14.5 Å². The summed E-state index contributed by atoms with van der Waals surface area (Å²) < 4.78 is 77.9. The lowest BCUT2D eigenvalue weighted by Crippen LogP contribution is -2.29. The minimum absolute atomic E-state index is 0.0816. The summed E-state index contributed by atoms with van der Waals surface area (Å²) in [7, 11) is -0.345. The van der Waals surface area contributed by atoms with E-state index in [2.05, 4.69) is 4.99 Å². The van der Waals surface area contributed by atoms with Crippen molar-refractivity contribution in [2.75, 3.05) is 13.7 Å². The Kier molecular flexibility index (Phi) is 6.81. The largest absolute Gasteiger partial charge is 0.542 e. The van der Waals surface area contributed by atoms with Crippen molar-refractivity contribution in [3.63, 3.8) is 0 Å². The zero-order valence-corrected chi connectivity index (χ0v) is 16.9. The van der Waals surface area contributed by atoms with E-state index in [1.165, 1.54) is 7.11 Å². The first-order valence-corrected chi connectivity index (χ1v) is 11.8. The molecule has 2 rings (SSSR count). The Morgan fingerprint density at radius 3 is 2.00 bits per heavy atom. The second-order valence-electron chi connectivity index (χ2n) is 6.97. The highest BCUT2D eigenvalue weighted by molar-refractivity contribution is 6.70. The summed E-state index contributed by atoms with van der Waals surface area (Å²) in [5.74, 6) is -8.84. The number of aliphatic imine (C=N–C) groups is 1. The third kappa shape index (κ3) is 5.09. The molecule has 2 aromatic rings. The van der Waals surface area contributed by atoms with Crippen molar-refractivity contribution in [3.8, 4) is 11.5 Å². The first-order valence-electron chi connectivity index (χ1n) is 8.42. The molecule has 0 spiro atoms. The van der Waals surface area contributed by atoms with E-state index < -0.39 is 43.0 Å². The van der Waals surface area contributed by atoms with Gasteiger partial charge in [0.25, 0.3) is 0 Å². The average molecular weight is 417 g/mol. The quantitative estimate of drug-likeness (QED) is 0.202. The normalized spacial score (nSPS) is 11.9. The molecule has 152 valence electrons. The average Bonchev–Trinajstić information content (AvgIpc) is 2.63. The van der Waals surface area contributed by atoms with Crippen molar-refractivity contribution < 1.29 is 31.1 Å². The van der Waals surface area contributed by atoms with Crippen LogP contribution in [0.15, 0.2) is 23.2 Å². The van der Waals surface area contributed by atoms with Gasteiger partial charge in [0.2, 0.25) is 14.1 Å². The molecule has 3 nitrogen and oxygen atoms in total. The Hall–Kier alpha value is -2.42. The SMILES string of the molecule is COc1ccc(CCN=Cc2c(F)c(F)c(F)c(F)c2F)cc1O[Si](C)(C)C. The maximum atomic E-state index is 13.6. The first-order chi connectivity index (χ1) is 13.0. The number of halogens is 5. The maximum Gasteiger partial charge on any atom is 0.242 e. The molecule has 0 N–H and O–H groups in total. The summed E-state index contributed by atoms with van der Waals surface area (Å²) in [6, 6.07) is 5.30. The summed E-state index contributed by atoms with van der Waals surface area (Å²) >= 11 is 0. The van der Waals surface area contributed by atoms with Crippen LogP contribution in [-0.2, 0) is 6.42 Å². The van der Waals surface area contributed by atoms with Gasteiger partial charge in [0.15, 0.2) is 29.0 Å². The van der Waals surface area contributed by atoms with Crippen molar-refractivity contribution in [1.29, 1.82) is 0 Å². The van der Waals surface area contributed by atoms with Crippen molar-refractivity contribution in [1.82, 2.24) is 0 Å². The third-order valence-corrected chi connectivity index (χ3v) is 4.47. The van der Waals surface area contributed by atoms with Crippen LogP contribution in [0.5, 0.6) is 11.5 Å². The van der Waals surface area contributed by atoms with Gasteiger partial charge in [0.05, 0.1) is 12.7 Å². The molecule has 9 heteroatoms. The van der Waals surface area contributed by atoms with Crippen molar-refractivity contribution in [2.24, 2.45) is 4.99 Å². The summed E-state index contributed by atoms with van der Waals surface area (Å²) in [6.45, 7) is 6.15. The topological polar surface area (TPSA) is 30.8 Å². The zero-order chi connectivity index (χ0) is 21.1. The Bertz CT molecular complexity index is 868. The monoisotopic (exact) mass is 417 g/mol. The fourth-order valence-corrected chi connectivity index (χ4v) is 3.19. The van der Waals surface area contributed by atoms with Crippen LogP contribution < -0.4 is 9.16 Å². The summed E-state index contributed by atoms with van der Waals surface area (Å²) in [5.41, 5.74) is -0.238. The van der Waals surface area contributed by atoms with Gasteiger partial charge in [0, 0.05) is 12.8 Å². The molecule has 0 atom stereocenters. The summed E-state index contributed by atoms with van der Waals surface area (Å²) in [5, 5.41) is 0. The minimum Gasteiger partial charge on any atom is -0.542 e. The molecule has 0 unspecified atom stereocenters. The highest BCUT2D eigenvalue weighted by atomic mass is 28.4. The molecule has 0 bridgehead atoms. The van der Waals surface area contributed by atoms with Gasteiger partial charge in [-0.2, -0.15) is 0 Å². The number of benzene rings is 2. The van der Waals surface area contributed by atoms with Crippen LogP contribution in [-0.4, -0.2) is 28.2 Å². The van der Waals surface area contributed by atoms with Crippen LogP contribution in [0.2, 0.25) is 19.6 Å². The highest BCUT2D eigenvalue weighted by Crippen LogP contribution is 2.30. The number of ether oxygens (including phenoxy) is 1. The molecule has 0 aromatic heterocycles. The lowest BCUT2D eigenvalue weighted by Gasteiger charge is -2.21. The van der Waals surface area contributed by atoms with Crippen LogP contribution in [0.3, 0.4) is 0 Å². The van der Waals surface area contributed by atoms with Crippen LogP contribution >= 0.6 is 0 Å². The van der Waals surface area contributed by atoms with Gasteiger partial charge < -0.3 is 9.16 Å². The molecular weight excluding hydrogens is 397 g/mol. The number of methoxy groups -OCH3 is 1. The number of nitrogens with zero attached hydrogens (tertiary/aromatic N) is 1. The molecule has 0 saturated heterocycles. The lowest BCUT2D eigenvalue weighted by molar-refractivity contribution is 0.377. The molecular formula is C19H20F5NO2Si. The van der Waals surface area contributed by atoms with E-state index in [4.69, 9.17) is 9.16 Å².